The zero-order valence-electron chi connectivity index (χ0n) is 10.1. The van der Waals surface area contributed by atoms with Crippen molar-refractivity contribution in [3.8, 4) is 11.5 Å². The minimum atomic E-state index is -0.438. The van der Waals surface area contributed by atoms with E-state index in [1.54, 1.807) is 29.4 Å². The van der Waals surface area contributed by atoms with E-state index in [-0.39, 0.29) is 17.6 Å². The largest absolute Gasteiger partial charge is 0.507 e. The highest BCUT2D eigenvalue weighted by atomic mass is 79.9. The summed E-state index contributed by atoms with van der Waals surface area (Å²) in [4.78, 5) is 16.5. The summed E-state index contributed by atoms with van der Waals surface area (Å²) in [5.74, 6) is 0.418. The normalized spacial score (nSPS) is 21.9. The number of carbonyl (C=O) groups excluding carboxylic acids is 1. The molecular weight excluding hydrogens is 312 g/mol. The molecule has 0 radical (unpaired) electrons. The lowest BCUT2D eigenvalue weighted by molar-refractivity contribution is 0.0717. The van der Waals surface area contributed by atoms with Crippen LogP contribution in [0.3, 0.4) is 0 Å². The Kier molecular flexibility index (Phi) is 2.82. The second kappa shape index (κ2) is 4.38. The summed E-state index contributed by atoms with van der Waals surface area (Å²) in [7, 11) is 0. The summed E-state index contributed by atoms with van der Waals surface area (Å²) < 4.78 is 7.93. The number of phenolic OH excluding ortho intramolecular Hbond substituents is 1. The van der Waals surface area contributed by atoms with Crippen molar-refractivity contribution in [2.45, 2.75) is 19.1 Å². The first-order valence-corrected chi connectivity index (χ1v) is 6.58. The van der Waals surface area contributed by atoms with Crippen LogP contribution in [0.15, 0.2) is 35.3 Å². The molecule has 2 aromatic rings. The van der Waals surface area contributed by atoms with Crippen LogP contribution >= 0.6 is 15.9 Å². The van der Waals surface area contributed by atoms with Crippen LogP contribution in [0.5, 0.6) is 11.5 Å². The van der Waals surface area contributed by atoms with Gasteiger partial charge in [0.1, 0.15) is 23.6 Å². The molecule has 1 aromatic carbocycles. The van der Waals surface area contributed by atoms with Crippen LogP contribution in [-0.2, 0) is 0 Å². The van der Waals surface area contributed by atoms with Crippen molar-refractivity contribution < 1.29 is 14.6 Å². The Balaban J connectivity index is 2.10. The number of aromatic hydroxyl groups is 1. The molecule has 0 amide bonds. The van der Waals surface area contributed by atoms with Crippen molar-refractivity contribution in [2.24, 2.45) is 0 Å². The number of carbonyl (C=O) groups is 1. The van der Waals surface area contributed by atoms with E-state index in [9.17, 15) is 9.90 Å². The number of benzene rings is 1. The fourth-order valence-corrected chi connectivity index (χ4v) is 2.63. The van der Waals surface area contributed by atoms with E-state index in [2.05, 4.69) is 20.9 Å². The lowest BCUT2D eigenvalue weighted by atomic mass is 9.96. The molecule has 1 aromatic heterocycles. The number of ether oxygens (including phenoxy) is 1. The van der Waals surface area contributed by atoms with E-state index in [0.29, 0.717) is 15.8 Å². The number of halogens is 1. The molecule has 1 N–H and O–H groups in total. The smallest absolute Gasteiger partial charge is 0.193 e. The molecule has 19 heavy (non-hydrogen) atoms. The van der Waals surface area contributed by atoms with Gasteiger partial charge in [-0.05, 0) is 28.9 Å². The molecule has 0 bridgehead atoms. The molecule has 0 unspecified atom stereocenters. The standard InChI is InChI=1S/C13H11BrN2O3/c1-7-12(16-3-2-15-6-16)13(18)8-4-9(14)10(17)5-11(8)19-7/h2-7,12,17H,1H3/t7-,12-/m1/s1. The van der Waals surface area contributed by atoms with Gasteiger partial charge in [-0.1, -0.05) is 0 Å². The third-order valence-corrected chi connectivity index (χ3v) is 3.82. The van der Waals surface area contributed by atoms with Gasteiger partial charge in [0.2, 0.25) is 0 Å². The van der Waals surface area contributed by atoms with Gasteiger partial charge in [0.15, 0.2) is 5.78 Å². The molecule has 0 aliphatic carbocycles. The summed E-state index contributed by atoms with van der Waals surface area (Å²) in [6.07, 6.45) is 4.64. The Morgan fingerprint density at radius 3 is 2.95 bits per heavy atom. The molecule has 0 spiro atoms. The van der Waals surface area contributed by atoms with Gasteiger partial charge in [-0.25, -0.2) is 4.98 Å². The molecular formula is C13H11BrN2O3. The van der Waals surface area contributed by atoms with Gasteiger partial charge in [-0.15, -0.1) is 0 Å². The van der Waals surface area contributed by atoms with Gasteiger partial charge in [0.05, 0.1) is 16.4 Å². The summed E-state index contributed by atoms with van der Waals surface area (Å²) in [6.45, 7) is 1.82. The van der Waals surface area contributed by atoms with E-state index in [4.69, 9.17) is 4.74 Å². The van der Waals surface area contributed by atoms with Gasteiger partial charge in [0, 0.05) is 18.5 Å². The van der Waals surface area contributed by atoms with Crippen LogP contribution in [0.25, 0.3) is 0 Å². The summed E-state index contributed by atoms with van der Waals surface area (Å²) in [6, 6.07) is 2.60. The van der Waals surface area contributed by atoms with Crippen molar-refractivity contribution in [3.63, 3.8) is 0 Å². The first-order chi connectivity index (χ1) is 9.08. The van der Waals surface area contributed by atoms with Crippen LogP contribution < -0.4 is 4.74 Å². The fourth-order valence-electron chi connectivity index (χ4n) is 2.28. The maximum Gasteiger partial charge on any atom is 0.193 e. The quantitative estimate of drug-likeness (QED) is 0.876. The van der Waals surface area contributed by atoms with Crippen molar-refractivity contribution in [3.05, 3.63) is 40.9 Å². The van der Waals surface area contributed by atoms with Crippen LogP contribution in [0.4, 0.5) is 0 Å². The Bertz CT molecular complexity index is 640. The molecule has 1 aliphatic rings. The number of imidazole rings is 1. The SMILES string of the molecule is C[C@H]1Oc2cc(O)c(Br)cc2C(=O)[C@@H]1n1ccnc1. The van der Waals surface area contributed by atoms with Crippen molar-refractivity contribution in [2.75, 3.05) is 0 Å². The summed E-state index contributed by atoms with van der Waals surface area (Å²) >= 11 is 3.21. The number of ketones is 1. The number of rotatable bonds is 1. The number of phenols is 1. The Morgan fingerprint density at radius 2 is 2.26 bits per heavy atom. The summed E-state index contributed by atoms with van der Waals surface area (Å²) in [5.41, 5.74) is 0.460. The average Bonchev–Trinajstić information content (AvgIpc) is 2.86. The summed E-state index contributed by atoms with van der Waals surface area (Å²) in [5, 5.41) is 9.64. The van der Waals surface area contributed by atoms with Crippen molar-refractivity contribution in [1.82, 2.24) is 9.55 Å². The third-order valence-electron chi connectivity index (χ3n) is 3.19. The predicted octanol–water partition coefficient (Wildman–Crippen LogP) is 2.56. The predicted molar refractivity (Wildman–Crippen MR) is 71.5 cm³/mol. The molecule has 0 fully saturated rings. The number of hydrogen-bond donors (Lipinski definition) is 1. The first-order valence-electron chi connectivity index (χ1n) is 5.78. The molecule has 6 heteroatoms. The lowest BCUT2D eigenvalue weighted by Gasteiger charge is -2.31. The number of aromatic nitrogens is 2. The van der Waals surface area contributed by atoms with Gasteiger partial charge in [-0.2, -0.15) is 0 Å². The maximum atomic E-state index is 12.6. The van der Waals surface area contributed by atoms with Crippen LogP contribution in [0.2, 0.25) is 0 Å². The van der Waals surface area contributed by atoms with E-state index in [1.807, 2.05) is 6.92 Å². The average molecular weight is 323 g/mol. The molecule has 1 aliphatic heterocycles. The van der Waals surface area contributed by atoms with Gasteiger partial charge in [-0.3, -0.25) is 4.79 Å². The zero-order valence-corrected chi connectivity index (χ0v) is 11.7. The molecule has 2 atom stereocenters. The number of Topliss-reactive ketones (excluding diaryl/α,β-unsaturated/α-hetero) is 1. The second-order valence-corrected chi connectivity index (χ2v) is 5.30. The minimum absolute atomic E-state index is 0.0487. The molecule has 98 valence electrons. The fraction of sp³-hybridized carbons (Fsp3) is 0.231. The number of fused-ring (bicyclic) bond motifs is 1. The Labute approximate surface area is 118 Å². The highest BCUT2D eigenvalue weighted by molar-refractivity contribution is 9.10. The monoisotopic (exact) mass is 322 g/mol. The molecule has 0 saturated carbocycles. The van der Waals surface area contributed by atoms with E-state index in [0.717, 1.165) is 0 Å². The van der Waals surface area contributed by atoms with Crippen molar-refractivity contribution >= 4 is 21.7 Å². The first kappa shape index (κ1) is 12.2. The molecule has 3 rings (SSSR count). The van der Waals surface area contributed by atoms with Gasteiger partial charge >= 0.3 is 0 Å². The second-order valence-electron chi connectivity index (χ2n) is 4.44. The van der Waals surface area contributed by atoms with Crippen LogP contribution in [-0.4, -0.2) is 26.5 Å². The van der Waals surface area contributed by atoms with Crippen LogP contribution in [0.1, 0.15) is 23.3 Å². The van der Waals surface area contributed by atoms with E-state index >= 15 is 0 Å². The highest BCUT2D eigenvalue weighted by Gasteiger charge is 2.36. The third kappa shape index (κ3) is 1.92. The Morgan fingerprint density at radius 1 is 1.47 bits per heavy atom. The van der Waals surface area contributed by atoms with E-state index in [1.165, 1.54) is 6.07 Å². The minimum Gasteiger partial charge on any atom is -0.507 e. The Hall–Kier alpha value is -1.82. The lowest BCUT2D eigenvalue weighted by Crippen LogP contribution is -2.37. The van der Waals surface area contributed by atoms with Crippen molar-refractivity contribution in [1.29, 1.82) is 0 Å². The highest BCUT2D eigenvalue weighted by Crippen LogP contribution is 2.39. The van der Waals surface area contributed by atoms with Gasteiger partial charge in [0.25, 0.3) is 0 Å². The molecule has 0 saturated heterocycles. The number of hydrogen-bond acceptors (Lipinski definition) is 4. The van der Waals surface area contributed by atoms with Gasteiger partial charge < -0.3 is 14.4 Å². The van der Waals surface area contributed by atoms with E-state index < -0.39 is 6.04 Å². The maximum absolute atomic E-state index is 12.6. The van der Waals surface area contributed by atoms with Crippen LogP contribution in [0, 0.1) is 0 Å². The number of nitrogens with zero attached hydrogens (tertiary/aromatic N) is 2. The molecule has 2 heterocycles. The topological polar surface area (TPSA) is 64.3 Å². The molecule has 5 nitrogen and oxygen atoms in total. The zero-order chi connectivity index (χ0) is 13.6.